The normalized spacial score (nSPS) is 14.2. The van der Waals surface area contributed by atoms with Crippen molar-refractivity contribution in [3.63, 3.8) is 0 Å². The summed E-state index contributed by atoms with van der Waals surface area (Å²) in [5, 5.41) is 7.74. The zero-order valence-corrected chi connectivity index (χ0v) is 33.1. The number of fused-ring (bicyclic) bond motifs is 15. The van der Waals surface area contributed by atoms with Crippen LogP contribution in [0.5, 0.6) is 0 Å². The molecule has 1 aliphatic carbocycles. The zero-order chi connectivity index (χ0) is 36.9. The van der Waals surface area contributed by atoms with Gasteiger partial charge in [0.15, 0.2) is 0 Å². The van der Waals surface area contributed by atoms with Gasteiger partial charge in [-0.2, -0.15) is 0 Å². The first-order chi connectivity index (χ1) is 27.5. The highest BCUT2D eigenvalue weighted by Crippen LogP contribution is 2.58. The Morgan fingerprint density at radius 2 is 1.00 bits per heavy atom. The first-order valence-corrected chi connectivity index (χ1v) is 21.6. The van der Waals surface area contributed by atoms with E-state index in [1.807, 2.05) is 34.9 Å². The van der Waals surface area contributed by atoms with Gasteiger partial charge in [-0.3, -0.25) is 0 Å². The highest BCUT2D eigenvalue weighted by molar-refractivity contribution is 8.05. The van der Waals surface area contributed by atoms with Gasteiger partial charge in [0.2, 0.25) is 0 Å². The van der Waals surface area contributed by atoms with Gasteiger partial charge in [0.1, 0.15) is 0 Å². The van der Waals surface area contributed by atoms with Crippen molar-refractivity contribution < 1.29 is 0 Å². The van der Waals surface area contributed by atoms with E-state index >= 15 is 0 Å². The lowest BCUT2D eigenvalue weighted by Crippen LogP contribution is -2.15. The van der Waals surface area contributed by atoms with Gasteiger partial charge in [-0.1, -0.05) is 116 Å². The molecule has 1 aliphatic heterocycles. The second-order valence-corrected chi connectivity index (χ2v) is 18.9. The van der Waals surface area contributed by atoms with Crippen molar-refractivity contribution in [1.82, 2.24) is 9.13 Å². The Balaban J connectivity index is 1.07. The van der Waals surface area contributed by atoms with Crippen LogP contribution in [0.3, 0.4) is 0 Å². The molecule has 2 aliphatic rings. The van der Waals surface area contributed by atoms with E-state index in [1.54, 1.807) is 0 Å². The Labute approximate surface area is 336 Å². The zero-order valence-electron chi connectivity index (χ0n) is 30.6. The molecule has 56 heavy (non-hydrogen) atoms. The number of benzene rings is 8. The Hall–Kier alpha value is -5.72. The molecule has 0 atom stereocenters. The summed E-state index contributed by atoms with van der Waals surface area (Å²) >= 11 is 5.69. The molecule has 0 spiro atoms. The van der Waals surface area contributed by atoms with Crippen molar-refractivity contribution in [2.45, 2.75) is 38.8 Å². The third-order valence-corrected chi connectivity index (χ3v) is 16.0. The maximum absolute atomic E-state index is 2.56. The molecular formula is C51H32N2S3. The number of aromatic nitrogens is 2. The molecule has 0 bridgehead atoms. The molecular weight excluding hydrogens is 737 g/mol. The number of rotatable bonds is 2. The molecule has 0 unspecified atom stereocenters. The summed E-state index contributed by atoms with van der Waals surface area (Å²) in [6, 6.07) is 59.4. The van der Waals surface area contributed by atoms with E-state index in [-0.39, 0.29) is 5.41 Å². The van der Waals surface area contributed by atoms with E-state index in [0.717, 1.165) is 0 Å². The molecule has 8 aromatic carbocycles. The van der Waals surface area contributed by atoms with Crippen LogP contribution in [0.15, 0.2) is 177 Å². The van der Waals surface area contributed by atoms with Crippen LogP contribution in [0.25, 0.3) is 86.3 Å². The predicted octanol–water partition coefficient (Wildman–Crippen LogP) is 15.2. The molecule has 5 heteroatoms. The minimum Gasteiger partial charge on any atom is -0.309 e. The molecule has 0 amide bonds. The molecule has 3 aromatic heterocycles. The smallest absolute Gasteiger partial charge is 0.0622 e. The molecule has 0 saturated carbocycles. The van der Waals surface area contributed by atoms with E-state index in [2.05, 4.69) is 181 Å². The Morgan fingerprint density at radius 3 is 1.80 bits per heavy atom. The number of hydrogen-bond donors (Lipinski definition) is 0. The number of hydrogen-bond acceptors (Lipinski definition) is 3. The van der Waals surface area contributed by atoms with E-state index in [1.165, 1.54) is 117 Å². The average molecular weight is 769 g/mol. The van der Waals surface area contributed by atoms with Crippen molar-refractivity contribution in [2.75, 3.05) is 0 Å². The van der Waals surface area contributed by atoms with Gasteiger partial charge in [-0.15, -0.1) is 11.3 Å². The highest BCUT2D eigenvalue weighted by Gasteiger charge is 2.39. The maximum Gasteiger partial charge on any atom is 0.0622 e. The van der Waals surface area contributed by atoms with Crippen LogP contribution >= 0.6 is 34.9 Å². The third kappa shape index (κ3) is 4.15. The van der Waals surface area contributed by atoms with Gasteiger partial charge in [-0.25, -0.2) is 0 Å². The summed E-state index contributed by atoms with van der Waals surface area (Å²) in [6.07, 6.45) is 0. The lowest BCUT2D eigenvalue weighted by molar-refractivity contribution is 0.658. The van der Waals surface area contributed by atoms with Crippen LogP contribution in [0.1, 0.15) is 25.0 Å². The van der Waals surface area contributed by atoms with Crippen molar-refractivity contribution in [3.8, 4) is 22.5 Å². The summed E-state index contributed by atoms with van der Waals surface area (Å²) in [6.45, 7) is 4.82. The number of thiophene rings is 1. The maximum atomic E-state index is 2.56. The van der Waals surface area contributed by atoms with E-state index < -0.39 is 0 Å². The van der Waals surface area contributed by atoms with Crippen molar-refractivity contribution in [1.29, 1.82) is 0 Å². The molecule has 264 valence electrons. The van der Waals surface area contributed by atoms with Crippen LogP contribution in [0, 0.1) is 0 Å². The van der Waals surface area contributed by atoms with Crippen LogP contribution in [0.4, 0.5) is 0 Å². The summed E-state index contributed by atoms with van der Waals surface area (Å²) in [5.41, 5.74) is 12.7. The molecule has 4 heterocycles. The topological polar surface area (TPSA) is 9.86 Å². The fourth-order valence-corrected chi connectivity index (χ4v) is 13.2. The van der Waals surface area contributed by atoms with Gasteiger partial charge in [0, 0.05) is 83.7 Å². The SMILES string of the molecule is CC1(C)c2cc3c(cc2-c2c1ccc1c4ccccc4n(-c4ccc5c(c4)c4ccccc4n5-c4ccc5sc6ccccc6c5c4)c21)Sc1ccccc1S3. The molecule has 11 aromatic rings. The quantitative estimate of drug-likeness (QED) is 0.173. The van der Waals surface area contributed by atoms with Crippen molar-refractivity contribution in [2.24, 2.45) is 0 Å². The van der Waals surface area contributed by atoms with Crippen molar-refractivity contribution >= 4 is 98.6 Å². The minimum atomic E-state index is -0.135. The van der Waals surface area contributed by atoms with Gasteiger partial charge in [0.25, 0.3) is 0 Å². The van der Waals surface area contributed by atoms with Crippen LogP contribution in [0.2, 0.25) is 0 Å². The molecule has 0 saturated heterocycles. The summed E-state index contributed by atoms with van der Waals surface area (Å²) in [4.78, 5) is 5.39. The second-order valence-electron chi connectivity index (χ2n) is 15.7. The fraction of sp³-hybridized carbons (Fsp3) is 0.0588. The van der Waals surface area contributed by atoms with E-state index in [9.17, 15) is 0 Å². The second kappa shape index (κ2) is 11.2. The summed E-state index contributed by atoms with van der Waals surface area (Å²) < 4.78 is 7.67. The van der Waals surface area contributed by atoms with Crippen molar-refractivity contribution in [3.05, 3.63) is 169 Å². The largest absolute Gasteiger partial charge is 0.309 e. The first-order valence-electron chi connectivity index (χ1n) is 19.2. The predicted molar refractivity (Wildman–Crippen MR) is 240 cm³/mol. The highest BCUT2D eigenvalue weighted by atomic mass is 32.2. The molecule has 13 rings (SSSR count). The van der Waals surface area contributed by atoms with Gasteiger partial charge in [0.05, 0.1) is 22.1 Å². The Kier molecular flexibility index (Phi) is 6.30. The lowest BCUT2D eigenvalue weighted by atomic mass is 9.82. The summed E-state index contributed by atoms with van der Waals surface area (Å²) in [7, 11) is 0. The fourth-order valence-electron chi connectivity index (χ4n) is 9.79. The Bertz CT molecular complexity index is 3520. The molecule has 2 nitrogen and oxygen atoms in total. The third-order valence-electron chi connectivity index (χ3n) is 12.4. The molecule has 0 N–H and O–H groups in total. The average Bonchev–Trinajstić information content (AvgIpc) is 3.94. The minimum absolute atomic E-state index is 0.135. The van der Waals surface area contributed by atoms with E-state index in [4.69, 9.17) is 0 Å². The van der Waals surface area contributed by atoms with Crippen LogP contribution in [-0.4, -0.2) is 9.13 Å². The summed E-state index contributed by atoms with van der Waals surface area (Å²) in [5.74, 6) is 0. The number of nitrogens with zero attached hydrogens (tertiary/aromatic N) is 2. The van der Waals surface area contributed by atoms with Crippen LogP contribution < -0.4 is 0 Å². The van der Waals surface area contributed by atoms with E-state index in [0.29, 0.717) is 0 Å². The Morgan fingerprint density at radius 1 is 0.411 bits per heavy atom. The van der Waals surface area contributed by atoms with Crippen LogP contribution in [-0.2, 0) is 5.41 Å². The van der Waals surface area contributed by atoms with Gasteiger partial charge >= 0.3 is 0 Å². The van der Waals surface area contributed by atoms with Gasteiger partial charge < -0.3 is 9.13 Å². The number of para-hydroxylation sites is 2. The standard InChI is InChI=1S/C51H32N2S3/c1-51(2)38-22-21-34-31-11-3-7-15-41(31)53(50(34)49(38)37-27-47-48(28-39(37)51)56-46-18-10-9-17-45(46)55-47)30-19-23-42-35(25-30)32-12-4-6-14-40(32)52(42)29-20-24-44-36(26-29)33-13-5-8-16-43(33)54-44/h3-28H,1-2H3. The monoisotopic (exact) mass is 768 g/mol. The van der Waals surface area contributed by atoms with Gasteiger partial charge in [-0.05, 0) is 95.6 Å². The first kappa shape index (κ1) is 31.5. The molecule has 0 fully saturated rings. The molecule has 0 radical (unpaired) electrons. The lowest BCUT2D eigenvalue weighted by Gasteiger charge is -2.24.